The van der Waals surface area contributed by atoms with Crippen molar-refractivity contribution in [2.45, 2.75) is 6.54 Å². The van der Waals surface area contributed by atoms with Gasteiger partial charge in [0.15, 0.2) is 0 Å². The van der Waals surface area contributed by atoms with Gasteiger partial charge in [-0.15, -0.1) is 4.68 Å². The Labute approximate surface area is 169 Å². The lowest BCUT2D eigenvalue weighted by Gasteiger charge is -2.05. The minimum absolute atomic E-state index is 0.736. The van der Waals surface area contributed by atoms with Crippen LogP contribution in [-0.2, 0) is 6.54 Å². The lowest BCUT2D eigenvalue weighted by Crippen LogP contribution is -2.29. The normalized spacial score (nSPS) is 10.9. The fourth-order valence-corrected chi connectivity index (χ4v) is 3.64. The Hall–Kier alpha value is -3.92. The number of benzene rings is 3. The molecule has 5 rings (SSSR count). The average Bonchev–Trinajstić information content (AvgIpc) is 3.43. The molecule has 0 saturated carbocycles. The van der Waals surface area contributed by atoms with Crippen LogP contribution in [0.15, 0.2) is 110 Å². The van der Waals surface area contributed by atoms with Crippen molar-refractivity contribution in [1.82, 2.24) is 14.8 Å². The highest BCUT2D eigenvalue weighted by molar-refractivity contribution is 5.81. The zero-order valence-corrected chi connectivity index (χ0v) is 15.9. The van der Waals surface area contributed by atoms with Crippen LogP contribution in [0, 0.1) is 0 Å². The molecule has 0 atom stereocenters. The molecule has 5 aromatic rings. The topological polar surface area (TPSA) is 37.5 Å². The van der Waals surface area contributed by atoms with Crippen LogP contribution < -0.4 is 4.57 Å². The molecule has 3 aromatic carbocycles. The molecule has 2 aromatic heterocycles. The summed E-state index contributed by atoms with van der Waals surface area (Å²) in [5.74, 6) is 0. The lowest BCUT2D eigenvalue weighted by atomic mass is 10.0. The SMILES string of the molecule is c1ccc(Cn2c[n+](-c3c(-c4ccccc4)c[nH]c3-c3ccccc3)cn2)cc1. The molecule has 0 amide bonds. The first-order chi connectivity index (χ1) is 14.4. The second-order valence-corrected chi connectivity index (χ2v) is 6.99. The number of H-pyrrole nitrogens is 1. The predicted molar refractivity (Wildman–Crippen MR) is 115 cm³/mol. The van der Waals surface area contributed by atoms with Gasteiger partial charge in [-0.2, -0.15) is 0 Å². The van der Waals surface area contributed by atoms with Crippen LogP contribution in [0.2, 0.25) is 0 Å². The summed E-state index contributed by atoms with van der Waals surface area (Å²) in [6.45, 7) is 0.736. The van der Waals surface area contributed by atoms with E-state index in [0.29, 0.717) is 0 Å². The van der Waals surface area contributed by atoms with E-state index in [9.17, 15) is 0 Å². The maximum Gasteiger partial charge on any atom is 0.270 e. The molecule has 0 saturated heterocycles. The Balaban J connectivity index is 1.61. The molecule has 0 bridgehead atoms. The summed E-state index contributed by atoms with van der Waals surface area (Å²) >= 11 is 0. The van der Waals surface area contributed by atoms with Crippen LogP contribution in [0.3, 0.4) is 0 Å². The molecule has 0 aliphatic carbocycles. The Morgan fingerprint density at radius 3 is 2.07 bits per heavy atom. The second-order valence-electron chi connectivity index (χ2n) is 6.99. The van der Waals surface area contributed by atoms with Crippen LogP contribution >= 0.6 is 0 Å². The number of aromatic amines is 1. The molecular formula is C25H21N4+. The maximum absolute atomic E-state index is 4.60. The number of hydrogen-bond donors (Lipinski definition) is 1. The van der Waals surface area contributed by atoms with Gasteiger partial charge in [-0.25, -0.2) is 4.57 Å². The molecule has 0 spiro atoms. The Morgan fingerprint density at radius 1 is 0.759 bits per heavy atom. The summed E-state index contributed by atoms with van der Waals surface area (Å²) < 4.78 is 4.07. The zero-order chi connectivity index (χ0) is 19.5. The molecule has 0 unspecified atom stereocenters. The van der Waals surface area contributed by atoms with Gasteiger partial charge >= 0.3 is 0 Å². The number of aromatic nitrogens is 4. The lowest BCUT2D eigenvalue weighted by molar-refractivity contribution is -0.595. The fourth-order valence-electron chi connectivity index (χ4n) is 3.64. The monoisotopic (exact) mass is 377 g/mol. The van der Waals surface area contributed by atoms with Gasteiger partial charge < -0.3 is 4.98 Å². The van der Waals surface area contributed by atoms with E-state index in [2.05, 4.69) is 100.0 Å². The third-order valence-electron chi connectivity index (χ3n) is 5.03. The predicted octanol–water partition coefficient (Wildman–Crippen LogP) is 4.87. The Bertz CT molecular complexity index is 1150. The third kappa shape index (κ3) is 3.48. The van der Waals surface area contributed by atoms with E-state index in [0.717, 1.165) is 29.1 Å². The molecule has 0 aliphatic rings. The van der Waals surface area contributed by atoms with Gasteiger partial charge in [0.25, 0.3) is 6.33 Å². The van der Waals surface area contributed by atoms with Gasteiger partial charge in [-0.05, 0) is 11.1 Å². The molecule has 29 heavy (non-hydrogen) atoms. The van der Waals surface area contributed by atoms with E-state index in [4.69, 9.17) is 0 Å². The molecule has 0 fully saturated rings. The summed E-state index contributed by atoms with van der Waals surface area (Å²) in [7, 11) is 0. The minimum atomic E-state index is 0.736. The fraction of sp³-hybridized carbons (Fsp3) is 0.0400. The van der Waals surface area contributed by atoms with Crippen molar-refractivity contribution < 1.29 is 4.57 Å². The van der Waals surface area contributed by atoms with E-state index in [1.54, 1.807) is 0 Å². The molecule has 140 valence electrons. The van der Waals surface area contributed by atoms with E-state index >= 15 is 0 Å². The summed E-state index contributed by atoms with van der Waals surface area (Å²) in [5.41, 5.74) is 6.87. The highest BCUT2D eigenvalue weighted by atomic mass is 15.3. The van der Waals surface area contributed by atoms with Crippen molar-refractivity contribution >= 4 is 0 Å². The first kappa shape index (κ1) is 17.2. The molecule has 1 N–H and O–H groups in total. The molecule has 2 heterocycles. The van der Waals surface area contributed by atoms with Gasteiger partial charge in [0.1, 0.15) is 12.2 Å². The first-order valence-electron chi connectivity index (χ1n) is 9.69. The van der Waals surface area contributed by atoms with Gasteiger partial charge in [-0.1, -0.05) is 91.0 Å². The van der Waals surface area contributed by atoms with Crippen molar-refractivity contribution in [2.24, 2.45) is 0 Å². The van der Waals surface area contributed by atoms with Crippen molar-refractivity contribution in [3.63, 3.8) is 0 Å². The van der Waals surface area contributed by atoms with Gasteiger partial charge in [0.2, 0.25) is 6.33 Å². The summed E-state index contributed by atoms with van der Waals surface area (Å²) in [4.78, 5) is 3.49. The highest BCUT2D eigenvalue weighted by Crippen LogP contribution is 2.32. The molecular weight excluding hydrogens is 356 g/mol. The number of hydrogen-bond acceptors (Lipinski definition) is 1. The van der Waals surface area contributed by atoms with E-state index in [1.807, 2.05) is 29.2 Å². The van der Waals surface area contributed by atoms with Crippen LogP contribution in [0.25, 0.3) is 28.1 Å². The molecule has 0 aliphatic heterocycles. The maximum atomic E-state index is 4.60. The van der Waals surface area contributed by atoms with E-state index < -0.39 is 0 Å². The Morgan fingerprint density at radius 2 is 1.38 bits per heavy atom. The van der Waals surface area contributed by atoms with E-state index in [-0.39, 0.29) is 0 Å². The summed E-state index contributed by atoms with van der Waals surface area (Å²) in [5, 5.41) is 4.60. The molecule has 4 heteroatoms. The highest BCUT2D eigenvalue weighted by Gasteiger charge is 2.21. The smallest absolute Gasteiger partial charge is 0.270 e. The first-order valence-corrected chi connectivity index (χ1v) is 9.69. The van der Waals surface area contributed by atoms with E-state index in [1.165, 1.54) is 11.1 Å². The largest absolute Gasteiger partial charge is 0.358 e. The summed E-state index contributed by atoms with van der Waals surface area (Å²) in [6.07, 6.45) is 6.01. The van der Waals surface area contributed by atoms with Gasteiger partial charge in [0, 0.05) is 22.4 Å². The van der Waals surface area contributed by atoms with Crippen LogP contribution in [0.1, 0.15) is 5.56 Å². The molecule has 4 nitrogen and oxygen atoms in total. The summed E-state index contributed by atoms with van der Waals surface area (Å²) in [6, 6.07) is 31.2. The standard InChI is InChI=1S/C25H21N4/c1-4-10-20(11-5-1)17-29-19-28(18-27-29)25-23(21-12-6-2-7-13-21)16-26-24(25)22-14-8-3-9-15-22/h1-16,18-19,26H,17H2/q+1. The van der Waals surface area contributed by atoms with Crippen LogP contribution in [-0.4, -0.2) is 14.8 Å². The van der Waals surface area contributed by atoms with Crippen LogP contribution in [0.4, 0.5) is 0 Å². The Kier molecular flexibility index (Phi) is 4.51. The van der Waals surface area contributed by atoms with Crippen molar-refractivity contribution in [1.29, 1.82) is 0 Å². The van der Waals surface area contributed by atoms with Crippen molar-refractivity contribution in [3.8, 4) is 28.1 Å². The van der Waals surface area contributed by atoms with Gasteiger partial charge in [0.05, 0.1) is 5.69 Å². The minimum Gasteiger partial charge on any atom is -0.358 e. The zero-order valence-electron chi connectivity index (χ0n) is 15.9. The molecule has 0 radical (unpaired) electrons. The number of rotatable bonds is 5. The quantitative estimate of drug-likeness (QED) is 0.436. The van der Waals surface area contributed by atoms with Crippen molar-refractivity contribution in [2.75, 3.05) is 0 Å². The van der Waals surface area contributed by atoms with Crippen LogP contribution in [0.5, 0.6) is 0 Å². The van der Waals surface area contributed by atoms with Crippen molar-refractivity contribution in [3.05, 3.63) is 115 Å². The average molecular weight is 377 g/mol. The van der Waals surface area contributed by atoms with Gasteiger partial charge in [-0.3, -0.25) is 0 Å². The second kappa shape index (κ2) is 7.60. The third-order valence-corrected chi connectivity index (χ3v) is 5.03. The number of nitrogens with one attached hydrogen (secondary N) is 1. The number of nitrogens with zero attached hydrogens (tertiary/aromatic N) is 3.